The van der Waals surface area contributed by atoms with E-state index in [1.54, 1.807) is 0 Å². The predicted molar refractivity (Wildman–Crippen MR) is 75.1 cm³/mol. The summed E-state index contributed by atoms with van der Waals surface area (Å²) in [4.78, 5) is 32.7. The summed E-state index contributed by atoms with van der Waals surface area (Å²) in [6, 6.07) is -1.84. The van der Waals surface area contributed by atoms with Crippen molar-refractivity contribution >= 4 is 18.0 Å². The van der Waals surface area contributed by atoms with Crippen LogP contribution in [-0.2, 0) is 14.3 Å². The van der Waals surface area contributed by atoms with Crippen LogP contribution in [-0.4, -0.2) is 54.0 Å². The predicted octanol–water partition coefficient (Wildman–Crippen LogP) is 0.666. The fourth-order valence-corrected chi connectivity index (χ4v) is 1.43. The van der Waals surface area contributed by atoms with E-state index in [0.29, 0.717) is 32.1 Å². The van der Waals surface area contributed by atoms with Crippen molar-refractivity contribution in [1.29, 1.82) is 0 Å². The fraction of sp³-hybridized carbons (Fsp3) is 0.769. The standard InChI is InChI=1S/C13H24N2O6/c1-9(2)8-21-7-3-6-14-13(20)15-10(12(18)19)4-5-11(16)17/h9-10H,3-8H2,1-2H3,(H,16,17)(H,18,19)(H2,14,15,20)/t10-/m0/s1. The number of aliphatic carboxylic acids is 2. The number of amides is 2. The molecule has 8 heteroatoms. The Morgan fingerprint density at radius 2 is 1.86 bits per heavy atom. The zero-order valence-corrected chi connectivity index (χ0v) is 12.4. The number of hydrogen-bond donors (Lipinski definition) is 4. The third-order valence-corrected chi connectivity index (χ3v) is 2.45. The summed E-state index contributed by atoms with van der Waals surface area (Å²) in [5.41, 5.74) is 0. The number of hydrogen-bond acceptors (Lipinski definition) is 4. The number of rotatable bonds is 11. The monoisotopic (exact) mass is 304 g/mol. The van der Waals surface area contributed by atoms with E-state index < -0.39 is 24.0 Å². The number of carboxylic acid groups (broad SMARTS) is 2. The van der Waals surface area contributed by atoms with E-state index in [4.69, 9.17) is 14.9 Å². The molecule has 0 aromatic rings. The summed E-state index contributed by atoms with van der Waals surface area (Å²) in [6.45, 7) is 5.60. The van der Waals surface area contributed by atoms with Crippen LogP contribution < -0.4 is 10.6 Å². The molecule has 0 aromatic carbocycles. The molecule has 0 unspecified atom stereocenters. The van der Waals surface area contributed by atoms with Crippen molar-refractivity contribution < 1.29 is 29.3 Å². The first-order valence-electron chi connectivity index (χ1n) is 6.89. The second kappa shape index (κ2) is 10.9. The Balaban J connectivity index is 3.83. The Morgan fingerprint density at radius 3 is 2.38 bits per heavy atom. The maximum absolute atomic E-state index is 11.5. The molecular formula is C13H24N2O6. The van der Waals surface area contributed by atoms with Crippen molar-refractivity contribution in [3.8, 4) is 0 Å². The quantitative estimate of drug-likeness (QED) is 0.416. The minimum atomic E-state index is -1.26. The van der Waals surface area contributed by atoms with Crippen LogP contribution in [0.1, 0.15) is 33.1 Å². The van der Waals surface area contributed by atoms with Crippen LogP contribution in [0.5, 0.6) is 0 Å². The number of urea groups is 1. The molecule has 122 valence electrons. The smallest absolute Gasteiger partial charge is 0.326 e. The highest BCUT2D eigenvalue weighted by molar-refractivity contribution is 5.82. The minimum absolute atomic E-state index is 0.157. The molecule has 0 saturated heterocycles. The fourth-order valence-electron chi connectivity index (χ4n) is 1.43. The van der Waals surface area contributed by atoms with Gasteiger partial charge in [0.05, 0.1) is 0 Å². The zero-order chi connectivity index (χ0) is 16.3. The van der Waals surface area contributed by atoms with Crippen LogP contribution in [0.4, 0.5) is 4.79 Å². The molecule has 8 nitrogen and oxygen atoms in total. The molecule has 0 aliphatic carbocycles. The Morgan fingerprint density at radius 1 is 1.19 bits per heavy atom. The third-order valence-electron chi connectivity index (χ3n) is 2.45. The zero-order valence-electron chi connectivity index (χ0n) is 12.4. The highest BCUT2D eigenvalue weighted by atomic mass is 16.5. The Labute approximate surface area is 123 Å². The maximum Gasteiger partial charge on any atom is 0.326 e. The summed E-state index contributed by atoms with van der Waals surface area (Å²) >= 11 is 0. The number of ether oxygens (including phenoxy) is 1. The average Bonchev–Trinajstić information content (AvgIpc) is 2.37. The number of carbonyl (C=O) groups is 3. The normalized spacial score (nSPS) is 12.0. The summed E-state index contributed by atoms with van der Waals surface area (Å²) in [5.74, 6) is -1.91. The van der Waals surface area contributed by atoms with Gasteiger partial charge in [0.2, 0.25) is 0 Å². The van der Waals surface area contributed by atoms with Crippen LogP contribution in [0.25, 0.3) is 0 Å². The maximum atomic E-state index is 11.5. The van der Waals surface area contributed by atoms with Gasteiger partial charge in [-0.15, -0.1) is 0 Å². The van der Waals surface area contributed by atoms with Gasteiger partial charge < -0.3 is 25.6 Å². The van der Waals surface area contributed by atoms with Crippen LogP contribution >= 0.6 is 0 Å². The molecular weight excluding hydrogens is 280 g/mol. The topological polar surface area (TPSA) is 125 Å². The molecule has 0 saturated carbocycles. The van der Waals surface area contributed by atoms with Crippen molar-refractivity contribution in [3.05, 3.63) is 0 Å². The first-order valence-corrected chi connectivity index (χ1v) is 6.89. The highest BCUT2D eigenvalue weighted by Gasteiger charge is 2.20. The van der Waals surface area contributed by atoms with Crippen molar-refractivity contribution in [2.24, 2.45) is 5.92 Å². The second-order valence-electron chi connectivity index (χ2n) is 5.05. The molecule has 21 heavy (non-hydrogen) atoms. The van der Waals surface area contributed by atoms with Gasteiger partial charge in [-0.2, -0.15) is 0 Å². The van der Waals surface area contributed by atoms with Gasteiger partial charge in [0, 0.05) is 26.2 Å². The summed E-state index contributed by atoms with van der Waals surface area (Å²) in [5, 5.41) is 22.1. The lowest BCUT2D eigenvalue weighted by Gasteiger charge is -2.14. The van der Waals surface area contributed by atoms with E-state index in [2.05, 4.69) is 10.6 Å². The number of nitrogens with one attached hydrogen (secondary N) is 2. The lowest BCUT2D eigenvalue weighted by atomic mass is 10.1. The molecule has 0 aliphatic rings. The lowest BCUT2D eigenvalue weighted by Crippen LogP contribution is -2.46. The lowest BCUT2D eigenvalue weighted by molar-refractivity contribution is -0.140. The van der Waals surface area contributed by atoms with E-state index in [1.165, 1.54) is 0 Å². The SMILES string of the molecule is CC(C)COCCCNC(=O)N[C@@H](CCC(=O)O)C(=O)O. The highest BCUT2D eigenvalue weighted by Crippen LogP contribution is 1.98. The summed E-state index contributed by atoms with van der Waals surface area (Å²) in [7, 11) is 0. The number of carboxylic acids is 2. The molecule has 0 aromatic heterocycles. The van der Waals surface area contributed by atoms with Crippen LogP contribution in [0.2, 0.25) is 0 Å². The second-order valence-corrected chi connectivity index (χ2v) is 5.05. The van der Waals surface area contributed by atoms with Crippen LogP contribution in [0, 0.1) is 5.92 Å². The largest absolute Gasteiger partial charge is 0.481 e. The van der Waals surface area contributed by atoms with Gasteiger partial charge in [-0.05, 0) is 18.8 Å². The average molecular weight is 304 g/mol. The van der Waals surface area contributed by atoms with Crippen molar-refractivity contribution in [3.63, 3.8) is 0 Å². The molecule has 0 radical (unpaired) electrons. The van der Waals surface area contributed by atoms with E-state index in [0.717, 1.165) is 0 Å². The van der Waals surface area contributed by atoms with E-state index in [9.17, 15) is 14.4 Å². The number of carbonyl (C=O) groups excluding carboxylic acids is 1. The molecule has 0 heterocycles. The van der Waals surface area contributed by atoms with Crippen LogP contribution in [0.3, 0.4) is 0 Å². The van der Waals surface area contributed by atoms with Crippen molar-refractivity contribution in [2.45, 2.75) is 39.2 Å². The molecule has 0 fully saturated rings. The molecule has 2 amide bonds. The van der Waals surface area contributed by atoms with Crippen molar-refractivity contribution in [1.82, 2.24) is 10.6 Å². The molecule has 4 N–H and O–H groups in total. The van der Waals surface area contributed by atoms with Gasteiger partial charge in [-0.25, -0.2) is 9.59 Å². The molecule has 0 rings (SSSR count). The Kier molecular flexibility index (Phi) is 9.95. The van der Waals surface area contributed by atoms with E-state index in [-0.39, 0.29) is 12.8 Å². The van der Waals surface area contributed by atoms with Gasteiger partial charge in [-0.3, -0.25) is 4.79 Å². The molecule has 0 aliphatic heterocycles. The Hall–Kier alpha value is -1.83. The summed E-state index contributed by atoms with van der Waals surface area (Å²) in [6.07, 6.45) is 0.142. The minimum Gasteiger partial charge on any atom is -0.481 e. The first kappa shape index (κ1) is 19.2. The molecule has 0 spiro atoms. The third kappa shape index (κ3) is 11.7. The van der Waals surface area contributed by atoms with Crippen molar-refractivity contribution in [2.75, 3.05) is 19.8 Å². The van der Waals surface area contributed by atoms with E-state index >= 15 is 0 Å². The van der Waals surface area contributed by atoms with Gasteiger partial charge in [0.1, 0.15) is 6.04 Å². The summed E-state index contributed by atoms with van der Waals surface area (Å²) < 4.78 is 5.33. The molecule has 1 atom stereocenters. The van der Waals surface area contributed by atoms with Gasteiger partial charge in [0.25, 0.3) is 0 Å². The van der Waals surface area contributed by atoms with Crippen LogP contribution in [0.15, 0.2) is 0 Å². The van der Waals surface area contributed by atoms with Gasteiger partial charge in [0.15, 0.2) is 0 Å². The Bertz CT molecular complexity index is 346. The first-order chi connectivity index (χ1) is 9.82. The molecule has 0 bridgehead atoms. The van der Waals surface area contributed by atoms with Gasteiger partial charge >= 0.3 is 18.0 Å². The van der Waals surface area contributed by atoms with E-state index in [1.807, 2.05) is 13.8 Å². The van der Waals surface area contributed by atoms with Gasteiger partial charge in [-0.1, -0.05) is 13.8 Å².